The van der Waals surface area contributed by atoms with Crippen LogP contribution in [0.3, 0.4) is 0 Å². The highest BCUT2D eigenvalue weighted by Crippen LogP contribution is 2.48. The largest absolute Gasteiger partial charge is 0.528 e. The average Bonchev–Trinajstić information content (AvgIpc) is 3.08. The van der Waals surface area contributed by atoms with Crippen LogP contribution in [-0.2, 0) is 9.31 Å². The molecule has 4 fully saturated rings. The van der Waals surface area contributed by atoms with Gasteiger partial charge in [0.15, 0.2) is 0 Å². The molecule has 4 aliphatic carbocycles. The third kappa shape index (κ3) is 2.14. The summed E-state index contributed by atoms with van der Waals surface area (Å²) >= 11 is 4.52. The summed E-state index contributed by atoms with van der Waals surface area (Å²) in [5.41, 5.74) is 0. The molecule has 18 heavy (non-hydrogen) atoms. The minimum atomic E-state index is -0.279. The summed E-state index contributed by atoms with van der Waals surface area (Å²) in [5.74, 6) is 3.47. The topological polar surface area (TPSA) is 18.5 Å². The molecule has 0 spiro atoms. The molecule has 4 aliphatic rings. The van der Waals surface area contributed by atoms with Gasteiger partial charge >= 0.3 is 6.40 Å². The van der Waals surface area contributed by atoms with Crippen LogP contribution in [0, 0.1) is 23.7 Å². The normalized spacial score (nSPS) is 49.2. The van der Waals surface area contributed by atoms with E-state index in [0.29, 0.717) is 12.2 Å². The van der Waals surface area contributed by atoms with Crippen LogP contribution < -0.4 is 0 Å². The molecule has 6 unspecified atom stereocenters. The van der Waals surface area contributed by atoms with Crippen LogP contribution in [0.2, 0.25) is 0 Å². The number of hydrogen-bond acceptors (Lipinski definition) is 3. The Bertz CT molecular complexity index is 297. The van der Waals surface area contributed by atoms with Crippen molar-refractivity contribution in [2.24, 2.45) is 23.7 Å². The molecule has 0 saturated heterocycles. The van der Waals surface area contributed by atoms with E-state index in [-0.39, 0.29) is 6.40 Å². The molecule has 0 heterocycles. The molecule has 0 aromatic rings. The quantitative estimate of drug-likeness (QED) is 0.621. The Hall–Kier alpha value is 0.335. The molecule has 0 aliphatic heterocycles. The predicted molar refractivity (Wildman–Crippen MR) is 75.4 cm³/mol. The lowest BCUT2D eigenvalue weighted by atomic mass is 9.96. The predicted octanol–water partition coefficient (Wildman–Crippen LogP) is 3.31. The summed E-state index contributed by atoms with van der Waals surface area (Å²) in [5, 5.41) is 0. The summed E-state index contributed by atoms with van der Waals surface area (Å²) in [6.07, 6.45) is 11.5. The Morgan fingerprint density at radius 1 is 0.722 bits per heavy atom. The van der Waals surface area contributed by atoms with Crippen LogP contribution in [0.4, 0.5) is 0 Å². The van der Waals surface area contributed by atoms with Crippen LogP contribution in [0.25, 0.3) is 0 Å². The maximum Gasteiger partial charge on any atom is 0.528 e. The highest BCUT2D eigenvalue weighted by Gasteiger charge is 2.44. The highest BCUT2D eigenvalue weighted by molar-refractivity contribution is 8.08. The SMILES string of the molecule is SB(OC1CC2CCC1C2)OC1CC2CCC1C2. The monoisotopic (exact) mass is 266 g/mol. The van der Waals surface area contributed by atoms with E-state index in [4.69, 9.17) is 9.31 Å². The van der Waals surface area contributed by atoms with Crippen molar-refractivity contribution in [2.75, 3.05) is 0 Å². The molecule has 0 radical (unpaired) electrons. The van der Waals surface area contributed by atoms with Crippen molar-refractivity contribution in [1.29, 1.82) is 0 Å². The molecule has 4 bridgehead atoms. The van der Waals surface area contributed by atoms with E-state index in [9.17, 15) is 0 Å². The average molecular weight is 266 g/mol. The highest BCUT2D eigenvalue weighted by atomic mass is 32.1. The number of thiol groups is 1. The van der Waals surface area contributed by atoms with E-state index in [1.165, 1.54) is 51.4 Å². The van der Waals surface area contributed by atoms with E-state index in [1.54, 1.807) is 0 Å². The Balaban J connectivity index is 1.28. The second-order valence-corrected chi connectivity index (χ2v) is 7.43. The van der Waals surface area contributed by atoms with Crippen molar-refractivity contribution in [3.05, 3.63) is 0 Å². The van der Waals surface area contributed by atoms with Crippen molar-refractivity contribution in [2.45, 2.75) is 63.6 Å². The zero-order valence-electron chi connectivity index (χ0n) is 11.0. The van der Waals surface area contributed by atoms with E-state index >= 15 is 0 Å². The van der Waals surface area contributed by atoms with Crippen molar-refractivity contribution >= 4 is 18.9 Å². The Morgan fingerprint density at radius 3 is 1.56 bits per heavy atom. The first-order valence-electron chi connectivity index (χ1n) is 7.77. The first-order chi connectivity index (χ1) is 8.78. The summed E-state index contributed by atoms with van der Waals surface area (Å²) in [6, 6.07) is 0. The number of fused-ring (bicyclic) bond motifs is 4. The van der Waals surface area contributed by atoms with E-state index in [2.05, 4.69) is 12.5 Å². The fourth-order valence-electron chi connectivity index (χ4n) is 5.04. The molecular formula is C14H23BO2S. The molecular weight excluding hydrogens is 243 g/mol. The lowest BCUT2D eigenvalue weighted by molar-refractivity contribution is 0.0635. The van der Waals surface area contributed by atoms with Crippen molar-refractivity contribution < 1.29 is 9.31 Å². The van der Waals surface area contributed by atoms with Gasteiger partial charge in [-0.1, -0.05) is 0 Å². The van der Waals surface area contributed by atoms with Crippen molar-refractivity contribution in [3.63, 3.8) is 0 Å². The van der Waals surface area contributed by atoms with Crippen molar-refractivity contribution in [1.82, 2.24) is 0 Å². The van der Waals surface area contributed by atoms with Gasteiger partial charge in [-0.15, -0.1) is 0 Å². The lowest BCUT2D eigenvalue weighted by Gasteiger charge is -2.28. The smallest absolute Gasteiger partial charge is 0.399 e. The fourth-order valence-corrected chi connectivity index (χ4v) is 5.35. The van der Waals surface area contributed by atoms with Gasteiger partial charge in [-0.25, -0.2) is 0 Å². The summed E-state index contributed by atoms with van der Waals surface area (Å²) < 4.78 is 12.1. The third-order valence-corrected chi connectivity index (χ3v) is 6.17. The maximum absolute atomic E-state index is 6.06. The molecule has 4 saturated carbocycles. The van der Waals surface area contributed by atoms with Gasteiger partial charge in [-0.3, -0.25) is 0 Å². The Labute approximate surface area is 116 Å². The lowest BCUT2D eigenvalue weighted by Crippen LogP contribution is -2.33. The second-order valence-electron chi connectivity index (χ2n) is 7.01. The van der Waals surface area contributed by atoms with Crippen LogP contribution in [0.5, 0.6) is 0 Å². The molecule has 100 valence electrons. The minimum Gasteiger partial charge on any atom is -0.399 e. The van der Waals surface area contributed by atoms with Gasteiger partial charge in [-0.2, -0.15) is 12.5 Å². The first-order valence-corrected chi connectivity index (χ1v) is 8.28. The molecule has 0 amide bonds. The zero-order valence-corrected chi connectivity index (χ0v) is 11.9. The fraction of sp³-hybridized carbons (Fsp3) is 1.00. The molecule has 4 rings (SSSR count). The molecule has 0 N–H and O–H groups in total. The van der Waals surface area contributed by atoms with Gasteiger partial charge < -0.3 is 9.31 Å². The van der Waals surface area contributed by atoms with E-state index < -0.39 is 0 Å². The van der Waals surface area contributed by atoms with E-state index in [1.807, 2.05) is 0 Å². The summed E-state index contributed by atoms with van der Waals surface area (Å²) in [6.45, 7) is 0. The van der Waals surface area contributed by atoms with Gasteiger partial charge in [0.05, 0.1) is 0 Å². The molecule has 0 aromatic carbocycles. The summed E-state index contributed by atoms with van der Waals surface area (Å²) in [4.78, 5) is 0. The third-order valence-electron chi connectivity index (χ3n) is 5.93. The zero-order chi connectivity index (χ0) is 12.1. The van der Waals surface area contributed by atoms with Crippen molar-refractivity contribution in [3.8, 4) is 0 Å². The minimum absolute atomic E-state index is 0.279. The number of rotatable bonds is 4. The van der Waals surface area contributed by atoms with Crippen LogP contribution in [0.1, 0.15) is 51.4 Å². The van der Waals surface area contributed by atoms with Crippen LogP contribution in [0.15, 0.2) is 0 Å². The van der Waals surface area contributed by atoms with Crippen LogP contribution in [-0.4, -0.2) is 18.6 Å². The molecule has 6 atom stereocenters. The Kier molecular flexibility index (Phi) is 3.17. The molecule has 0 aromatic heterocycles. The van der Waals surface area contributed by atoms with Gasteiger partial charge in [0.2, 0.25) is 0 Å². The molecule has 2 nitrogen and oxygen atoms in total. The molecule has 4 heteroatoms. The van der Waals surface area contributed by atoms with Gasteiger partial charge in [0.25, 0.3) is 0 Å². The van der Waals surface area contributed by atoms with Gasteiger partial charge in [0, 0.05) is 12.2 Å². The maximum atomic E-state index is 6.06. The van der Waals surface area contributed by atoms with Crippen LogP contribution >= 0.6 is 12.5 Å². The first kappa shape index (κ1) is 12.1. The van der Waals surface area contributed by atoms with Gasteiger partial charge in [0.1, 0.15) is 0 Å². The summed E-state index contributed by atoms with van der Waals surface area (Å²) in [7, 11) is 0. The van der Waals surface area contributed by atoms with Gasteiger partial charge in [-0.05, 0) is 75.0 Å². The second kappa shape index (κ2) is 4.71. The Morgan fingerprint density at radius 2 is 1.22 bits per heavy atom. The number of hydrogen-bond donors (Lipinski definition) is 1. The van der Waals surface area contributed by atoms with E-state index in [0.717, 1.165) is 23.7 Å². The standard InChI is InChI=1S/C14H23BO2S/c18-15(16-13-7-9-1-3-11(13)5-9)17-14-8-10-2-4-12(14)6-10/h9-14,18H,1-8H2.